The van der Waals surface area contributed by atoms with Gasteiger partial charge >= 0.3 is 0 Å². The van der Waals surface area contributed by atoms with Crippen molar-refractivity contribution in [3.05, 3.63) is 0 Å². The Morgan fingerprint density at radius 2 is 1.26 bits per heavy atom. The Morgan fingerprint density at radius 3 is 1.74 bits per heavy atom. The van der Waals surface area contributed by atoms with Crippen LogP contribution < -0.4 is 0 Å². The third kappa shape index (κ3) is 14.1. The van der Waals surface area contributed by atoms with Gasteiger partial charge in [0.25, 0.3) is 0 Å². The molecule has 3 heteroatoms. The number of fused-ring (bicyclic) bond motifs is 1. The summed E-state index contributed by atoms with van der Waals surface area (Å²) in [5, 5.41) is 0. The Morgan fingerprint density at radius 1 is 0.794 bits per heavy atom. The minimum absolute atomic E-state index is 0. The van der Waals surface area contributed by atoms with Crippen molar-refractivity contribution in [3.63, 3.8) is 0 Å². The van der Waals surface area contributed by atoms with Gasteiger partial charge in [-0.1, -0.05) is 55.9 Å². The molecule has 0 spiro atoms. The minimum atomic E-state index is -0.257. The first kappa shape index (κ1) is 34.7. The Kier molecular flexibility index (Phi) is 18.3. The average Bonchev–Trinajstić information content (AvgIpc) is 3.37. The van der Waals surface area contributed by atoms with E-state index in [1.165, 1.54) is 12.8 Å². The summed E-state index contributed by atoms with van der Waals surface area (Å²) in [6.45, 7) is 23.0. The van der Waals surface area contributed by atoms with Gasteiger partial charge in [0.2, 0.25) is 5.91 Å². The zero-order valence-electron chi connectivity index (χ0n) is 23.6. The van der Waals surface area contributed by atoms with Crippen LogP contribution in [0, 0.1) is 46.9 Å². The topological polar surface area (TPSA) is 29.5 Å². The first-order valence-corrected chi connectivity index (χ1v) is 13.4. The van der Waals surface area contributed by atoms with Crippen molar-refractivity contribution in [2.45, 2.75) is 127 Å². The van der Waals surface area contributed by atoms with Crippen LogP contribution in [-0.4, -0.2) is 36.1 Å². The van der Waals surface area contributed by atoms with Gasteiger partial charge in [-0.3, -0.25) is 4.79 Å². The highest BCUT2D eigenvalue weighted by Crippen LogP contribution is 2.52. The zero-order chi connectivity index (χ0) is 25.5. The van der Waals surface area contributed by atoms with Gasteiger partial charge in [-0.15, -0.1) is 23.7 Å². The number of carbonyl (C=O) groups excluding carboxylic acids is 1. The molecule has 0 saturated heterocycles. The molecular formula is C31H57NO2. The molecule has 1 aliphatic heterocycles. The van der Waals surface area contributed by atoms with Crippen molar-refractivity contribution in [2.24, 2.45) is 23.2 Å². The summed E-state index contributed by atoms with van der Waals surface area (Å²) < 4.78 is 5.89. The molecule has 2 unspecified atom stereocenters. The summed E-state index contributed by atoms with van der Waals surface area (Å²) in [6.07, 6.45) is 7.57. The van der Waals surface area contributed by atoms with E-state index in [0.29, 0.717) is 0 Å². The van der Waals surface area contributed by atoms with E-state index in [-0.39, 0.29) is 24.3 Å². The lowest BCUT2D eigenvalue weighted by Gasteiger charge is -2.29. The van der Waals surface area contributed by atoms with Crippen LogP contribution in [0.4, 0.5) is 0 Å². The van der Waals surface area contributed by atoms with Crippen LogP contribution in [0.5, 0.6) is 0 Å². The summed E-state index contributed by atoms with van der Waals surface area (Å²) in [7, 11) is 0. The van der Waals surface area contributed by atoms with Crippen molar-refractivity contribution < 1.29 is 9.53 Å². The second kappa shape index (κ2) is 17.9. The molecule has 198 valence electrons. The maximum atomic E-state index is 12.0. The molecule has 0 aromatic heterocycles. The van der Waals surface area contributed by atoms with Crippen LogP contribution in [-0.2, 0) is 9.53 Å². The second-order valence-corrected chi connectivity index (χ2v) is 10.6. The number of ether oxygens (including phenoxy) is 1. The van der Waals surface area contributed by atoms with Crippen molar-refractivity contribution in [1.29, 1.82) is 0 Å². The van der Waals surface area contributed by atoms with Gasteiger partial charge in [0.15, 0.2) is 0 Å². The Labute approximate surface area is 214 Å². The smallest absolute Gasteiger partial charge is 0.227 e. The standard InChI is InChI=1S/C14H22O.C12H19NO.2C2H6.CH4/c1-14(2,3)15-10-13-11-8-6-4-5-7-9-12(11)13;1-12(2,3)11(14)13-9-7-5-4-6-8-10-13;2*1-2;/h11-13H,6-10H2,1-3H3;5,7-10H2,1-3H3;2*1-2H3;1H4. The number of hydrogen-bond acceptors (Lipinski definition) is 2. The fourth-order valence-corrected chi connectivity index (χ4v) is 4.14. The summed E-state index contributed by atoms with van der Waals surface area (Å²) in [4.78, 5) is 13.9. The maximum absolute atomic E-state index is 12.0. The largest absolute Gasteiger partial charge is 0.376 e. The van der Waals surface area contributed by atoms with Gasteiger partial charge in [0, 0.05) is 44.2 Å². The molecule has 0 bridgehead atoms. The van der Waals surface area contributed by atoms with E-state index in [4.69, 9.17) is 4.74 Å². The second-order valence-electron chi connectivity index (χ2n) is 10.6. The molecule has 1 saturated carbocycles. The predicted octanol–water partition coefficient (Wildman–Crippen LogP) is 7.98. The molecule has 1 heterocycles. The monoisotopic (exact) mass is 475 g/mol. The quantitative estimate of drug-likeness (QED) is 0.379. The van der Waals surface area contributed by atoms with Gasteiger partial charge in [-0.05, 0) is 57.8 Å². The summed E-state index contributed by atoms with van der Waals surface area (Å²) in [6, 6.07) is 0. The van der Waals surface area contributed by atoms with Crippen molar-refractivity contribution in [2.75, 3.05) is 19.7 Å². The van der Waals surface area contributed by atoms with Crippen LogP contribution in [0.1, 0.15) is 122 Å². The first-order chi connectivity index (χ1) is 15.6. The molecule has 1 amide bonds. The van der Waals surface area contributed by atoms with Crippen LogP contribution in [0.2, 0.25) is 0 Å². The molecule has 0 aromatic rings. The van der Waals surface area contributed by atoms with Gasteiger partial charge in [0.1, 0.15) is 0 Å². The molecular weight excluding hydrogens is 418 g/mol. The molecule has 3 nitrogen and oxygen atoms in total. The summed E-state index contributed by atoms with van der Waals surface area (Å²) >= 11 is 0. The molecule has 2 aliphatic carbocycles. The van der Waals surface area contributed by atoms with E-state index < -0.39 is 0 Å². The van der Waals surface area contributed by atoms with Crippen LogP contribution in [0.25, 0.3) is 0 Å². The van der Waals surface area contributed by atoms with Crippen LogP contribution in [0.3, 0.4) is 0 Å². The third-order valence-corrected chi connectivity index (χ3v) is 5.84. The molecule has 0 aromatic carbocycles. The lowest BCUT2D eigenvalue weighted by Crippen LogP contribution is -2.40. The Hall–Kier alpha value is -1.45. The fraction of sp³-hybridized carbons (Fsp3) is 0.839. The number of hydrogen-bond donors (Lipinski definition) is 0. The van der Waals surface area contributed by atoms with Gasteiger partial charge in [0.05, 0.1) is 12.2 Å². The highest BCUT2D eigenvalue weighted by Gasteiger charge is 2.48. The third-order valence-electron chi connectivity index (χ3n) is 5.84. The molecule has 0 radical (unpaired) electrons. The first-order valence-electron chi connectivity index (χ1n) is 13.4. The van der Waals surface area contributed by atoms with Crippen LogP contribution >= 0.6 is 0 Å². The van der Waals surface area contributed by atoms with E-state index in [0.717, 1.165) is 69.6 Å². The zero-order valence-corrected chi connectivity index (χ0v) is 23.6. The van der Waals surface area contributed by atoms with Crippen molar-refractivity contribution in [1.82, 2.24) is 4.90 Å². The average molecular weight is 476 g/mol. The van der Waals surface area contributed by atoms with Gasteiger partial charge in [-0.25, -0.2) is 0 Å². The highest BCUT2D eigenvalue weighted by molar-refractivity contribution is 5.81. The molecule has 3 rings (SSSR count). The number of amides is 1. The van der Waals surface area contributed by atoms with Crippen LogP contribution in [0.15, 0.2) is 0 Å². The summed E-state index contributed by atoms with van der Waals surface area (Å²) in [5.74, 6) is 15.6. The SMILES string of the molecule is C.CC.CC.CC(C)(C)C(=O)N1CCC#CCCC1.CC(C)(C)OCC1C2CCC#CCCC21. The Balaban J connectivity index is 0. The van der Waals surface area contributed by atoms with E-state index in [9.17, 15) is 4.79 Å². The number of carbonyl (C=O) groups is 1. The summed E-state index contributed by atoms with van der Waals surface area (Å²) in [5.41, 5.74) is -0.235. The molecule has 0 N–H and O–H groups in total. The highest BCUT2D eigenvalue weighted by atomic mass is 16.5. The normalized spacial score (nSPS) is 22.9. The lowest BCUT2D eigenvalue weighted by atomic mass is 9.94. The van der Waals surface area contributed by atoms with E-state index >= 15 is 0 Å². The fourth-order valence-electron chi connectivity index (χ4n) is 4.14. The van der Waals surface area contributed by atoms with Crippen molar-refractivity contribution in [3.8, 4) is 23.7 Å². The maximum Gasteiger partial charge on any atom is 0.227 e. The molecule has 2 atom stereocenters. The van der Waals surface area contributed by atoms with Gasteiger partial charge in [-0.2, -0.15) is 0 Å². The Bertz CT molecular complexity index is 642. The number of rotatable bonds is 2. The van der Waals surface area contributed by atoms with E-state index in [1.54, 1.807) is 0 Å². The predicted molar refractivity (Wildman–Crippen MR) is 150 cm³/mol. The number of nitrogens with zero attached hydrogens (tertiary/aromatic N) is 1. The van der Waals surface area contributed by atoms with E-state index in [2.05, 4.69) is 44.5 Å². The van der Waals surface area contributed by atoms with Crippen molar-refractivity contribution >= 4 is 5.91 Å². The molecule has 34 heavy (non-hydrogen) atoms. The minimum Gasteiger partial charge on any atom is -0.376 e. The molecule has 3 aliphatic rings. The lowest BCUT2D eigenvalue weighted by molar-refractivity contribution is -0.139. The van der Waals surface area contributed by atoms with E-state index in [1.807, 2.05) is 53.4 Å². The molecule has 1 fully saturated rings. The van der Waals surface area contributed by atoms with Gasteiger partial charge < -0.3 is 9.64 Å².